The van der Waals surface area contributed by atoms with Gasteiger partial charge in [-0.2, -0.15) is 0 Å². The number of aromatic nitrogens is 1. The van der Waals surface area contributed by atoms with Crippen molar-refractivity contribution >= 4 is 9.84 Å². The summed E-state index contributed by atoms with van der Waals surface area (Å²) in [5, 5.41) is 9.43. The summed E-state index contributed by atoms with van der Waals surface area (Å²) in [6.45, 7) is 1.87. The summed E-state index contributed by atoms with van der Waals surface area (Å²) in [7, 11) is -3.30. The summed E-state index contributed by atoms with van der Waals surface area (Å²) < 4.78 is 34.7. The Labute approximate surface area is 145 Å². The SMILES string of the molecule is Cc1nc(COc2cccc(O)c2)oc1-c1cccc(S(C)(=O)=O)c1. The number of benzene rings is 2. The zero-order valence-corrected chi connectivity index (χ0v) is 14.6. The number of oxazole rings is 1. The number of nitrogens with zero attached hydrogens (tertiary/aromatic N) is 1. The minimum Gasteiger partial charge on any atom is -0.508 e. The molecule has 1 aromatic heterocycles. The molecule has 0 aliphatic carbocycles. The van der Waals surface area contributed by atoms with E-state index >= 15 is 0 Å². The lowest BCUT2D eigenvalue weighted by molar-refractivity contribution is 0.263. The van der Waals surface area contributed by atoms with Crippen molar-refractivity contribution < 1.29 is 22.7 Å². The van der Waals surface area contributed by atoms with E-state index in [9.17, 15) is 13.5 Å². The van der Waals surface area contributed by atoms with Gasteiger partial charge in [0.25, 0.3) is 0 Å². The number of phenols is 1. The van der Waals surface area contributed by atoms with Gasteiger partial charge in [-0.15, -0.1) is 0 Å². The van der Waals surface area contributed by atoms with Gasteiger partial charge in [0, 0.05) is 17.9 Å². The summed E-state index contributed by atoms with van der Waals surface area (Å²) in [6, 6.07) is 13.0. The van der Waals surface area contributed by atoms with Crippen LogP contribution in [0.4, 0.5) is 0 Å². The van der Waals surface area contributed by atoms with E-state index in [4.69, 9.17) is 9.15 Å². The Morgan fingerprint density at radius 2 is 1.92 bits per heavy atom. The second-order valence-corrected chi connectivity index (χ2v) is 7.62. The molecule has 0 aliphatic rings. The number of ether oxygens (including phenoxy) is 1. The molecule has 0 saturated heterocycles. The first-order chi connectivity index (χ1) is 11.8. The summed E-state index contributed by atoms with van der Waals surface area (Å²) in [5.41, 5.74) is 1.27. The van der Waals surface area contributed by atoms with Gasteiger partial charge in [-0.25, -0.2) is 13.4 Å². The van der Waals surface area contributed by atoms with Gasteiger partial charge in [0.2, 0.25) is 5.89 Å². The fourth-order valence-corrected chi connectivity index (χ4v) is 3.04. The molecule has 0 fully saturated rings. The van der Waals surface area contributed by atoms with Gasteiger partial charge in [-0.3, -0.25) is 0 Å². The smallest absolute Gasteiger partial charge is 0.233 e. The largest absolute Gasteiger partial charge is 0.508 e. The van der Waals surface area contributed by atoms with Crippen molar-refractivity contribution in [3.05, 3.63) is 60.1 Å². The molecule has 0 spiro atoms. The minimum atomic E-state index is -3.30. The predicted molar refractivity (Wildman–Crippen MR) is 92.2 cm³/mol. The Bertz CT molecular complexity index is 1010. The van der Waals surface area contributed by atoms with E-state index < -0.39 is 9.84 Å². The maximum absolute atomic E-state index is 11.7. The van der Waals surface area contributed by atoms with Crippen LogP contribution in [0, 0.1) is 6.92 Å². The number of hydrogen-bond acceptors (Lipinski definition) is 6. The van der Waals surface area contributed by atoms with Crippen molar-refractivity contribution in [3.63, 3.8) is 0 Å². The summed E-state index contributed by atoms with van der Waals surface area (Å²) in [6.07, 6.45) is 1.16. The highest BCUT2D eigenvalue weighted by Gasteiger charge is 2.15. The maximum Gasteiger partial charge on any atom is 0.233 e. The zero-order valence-electron chi connectivity index (χ0n) is 13.8. The van der Waals surface area contributed by atoms with Crippen molar-refractivity contribution in [1.82, 2.24) is 4.98 Å². The molecule has 0 saturated carbocycles. The van der Waals surface area contributed by atoms with Crippen molar-refractivity contribution in [2.75, 3.05) is 6.26 Å². The molecule has 3 rings (SSSR count). The van der Waals surface area contributed by atoms with Crippen molar-refractivity contribution in [1.29, 1.82) is 0 Å². The van der Waals surface area contributed by atoms with Gasteiger partial charge in [0.1, 0.15) is 11.5 Å². The van der Waals surface area contributed by atoms with Crippen molar-refractivity contribution in [2.45, 2.75) is 18.4 Å². The normalized spacial score (nSPS) is 11.4. The first-order valence-corrected chi connectivity index (χ1v) is 9.41. The van der Waals surface area contributed by atoms with Gasteiger partial charge in [-0.1, -0.05) is 18.2 Å². The number of hydrogen-bond donors (Lipinski definition) is 1. The molecule has 0 bridgehead atoms. The van der Waals surface area contributed by atoms with E-state index in [2.05, 4.69) is 4.98 Å². The third-order valence-corrected chi connectivity index (χ3v) is 4.66. The molecule has 0 amide bonds. The van der Waals surface area contributed by atoms with Crippen LogP contribution in [0.5, 0.6) is 11.5 Å². The first-order valence-electron chi connectivity index (χ1n) is 7.51. The second kappa shape index (κ2) is 6.60. The average molecular weight is 359 g/mol. The number of sulfone groups is 1. The third-order valence-electron chi connectivity index (χ3n) is 3.55. The van der Waals surface area contributed by atoms with E-state index in [-0.39, 0.29) is 17.3 Å². The van der Waals surface area contributed by atoms with Gasteiger partial charge >= 0.3 is 0 Å². The van der Waals surface area contributed by atoms with Crippen LogP contribution < -0.4 is 4.74 Å². The molecule has 0 atom stereocenters. The highest BCUT2D eigenvalue weighted by atomic mass is 32.2. The fourth-order valence-electron chi connectivity index (χ4n) is 2.37. The average Bonchev–Trinajstić information content (AvgIpc) is 2.93. The van der Waals surface area contributed by atoms with Crippen LogP contribution in [0.2, 0.25) is 0 Å². The number of rotatable bonds is 5. The molecule has 25 heavy (non-hydrogen) atoms. The first kappa shape index (κ1) is 17.0. The molecule has 2 aromatic carbocycles. The summed E-state index contributed by atoms with van der Waals surface area (Å²) >= 11 is 0. The third kappa shape index (κ3) is 4.00. The molecule has 0 radical (unpaired) electrons. The van der Waals surface area contributed by atoms with Gasteiger partial charge in [0.05, 0.1) is 10.6 Å². The lowest BCUT2D eigenvalue weighted by Crippen LogP contribution is -1.96. The zero-order chi connectivity index (χ0) is 18.0. The van der Waals surface area contributed by atoms with Gasteiger partial charge in [0.15, 0.2) is 22.2 Å². The maximum atomic E-state index is 11.7. The molecule has 3 aromatic rings. The molecular weight excluding hydrogens is 342 g/mol. The Morgan fingerprint density at radius 3 is 2.64 bits per heavy atom. The Morgan fingerprint density at radius 1 is 1.16 bits per heavy atom. The van der Waals surface area contributed by atoms with E-state index in [1.165, 1.54) is 12.1 Å². The Balaban J connectivity index is 1.83. The van der Waals surface area contributed by atoms with Crippen LogP contribution in [0.25, 0.3) is 11.3 Å². The lowest BCUT2D eigenvalue weighted by atomic mass is 10.1. The fraction of sp³-hybridized carbons (Fsp3) is 0.167. The van der Waals surface area contributed by atoms with Crippen molar-refractivity contribution in [3.8, 4) is 22.8 Å². The van der Waals surface area contributed by atoms with Gasteiger partial charge < -0.3 is 14.3 Å². The number of phenolic OH excluding ortho intramolecular Hbond substituents is 1. The van der Waals surface area contributed by atoms with Crippen LogP contribution in [0.3, 0.4) is 0 Å². The van der Waals surface area contributed by atoms with Crippen LogP contribution in [0.1, 0.15) is 11.6 Å². The highest BCUT2D eigenvalue weighted by molar-refractivity contribution is 7.90. The Hall–Kier alpha value is -2.80. The van der Waals surface area contributed by atoms with Gasteiger partial charge in [-0.05, 0) is 31.2 Å². The summed E-state index contributed by atoms with van der Waals surface area (Å²) in [4.78, 5) is 4.53. The predicted octanol–water partition coefficient (Wildman–Crippen LogP) is 3.34. The number of aromatic hydroxyl groups is 1. The Kier molecular flexibility index (Phi) is 4.50. The van der Waals surface area contributed by atoms with E-state index in [1.807, 2.05) is 0 Å². The van der Waals surface area contributed by atoms with E-state index in [0.29, 0.717) is 28.7 Å². The van der Waals surface area contributed by atoms with E-state index in [0.717, 1.165) is 6.26 Å². The minimum absolute atomic E-state index is 0.0933. The lowest BCUT2D eigenvalue weighted by Gasteiger charge is -2.04. The van der Waals surface area contributed by atoms with Crippen LogP contribution >= 0.6 is 0 Å². The molecule has 0 unspecified atom stereocenters. The molecule has 0 aliphatic heterocycles. The molecule has 1 N–H and O–H groups in total. The highest BCUT2D eigenvalue weighted by Crippen LogP contribution is 2.27. The molecular formula is C18H17NO5S. The topological polar surface area (TPSA) is 89.6 Å². The van der Waals surface area contributed by atoms with Crippen LogP contribution in [-0.2, 0) is 16.4 Å². The molecule has 1 heterocycles. The standard InChI is InChI=1S/C18H17NO5S/c1-12-18(13-5-3-8-16(9-13)25(2,21)22)24-17(19-12)11-23-15-7-4-6-14(20)10-15/h3-10,20H,11H2,1-2H3. The van der Waals surface area contributed by atoms with Crippen LogP contribution in [-0.4, -0.2) is 24.8 Å². The monoisotopic (exact) mass is 359 g/mol. The van der Waals surface area contributed by atoms with Crippen LogP contribution in [0.15, 0.2) is 57.8 Å². The molecule has 6 nitrogen and oxygen atoms in total. The number of aryl methyl sites for hydroxylation is 1. The molecule has 130 valence electrons. The summed E-state index contributed by atoms with van der Waals surface area (Å²) in [5.74, 6) is 1.47. The second-order valence-electron chi connectivity index (χ2n) is 5.61. The quantitative estimate of drug-likeness (QED) is 0.751. The van der Waals surface area contributed by atoms with Crippen molar-refractivity contribution in [2.24, 2.45) is 0 Å². The van der Waals surface area contributed by atoms with E-state index in [1.54, 1.807) is 43.3 Å². The molecule has 7 heteroatoms.